The van der Waals surface area contributed by atoms with Crippen molar-refractivity contribution in [2.24, 2.45) is 7.05 Å². The number of ether oxygens (including phenoxy) is 1. The molecule has 3 rings (SSSR count). The second kappa shape index (κ2) is 5.46. The maximum Gasteiger partial charge on any atom is 0.128 e. The molecule has 1 atom stereocenters. The first-order valence-electron chi connectivity index (χ1n) is 7.29. The van der Waals surface area contributed by atoms with Crippen molar-refractivity contribution in [3.63, 3.8) is 0 Å². The summed E-state index contributed by atoms with van der Waals surface area (Å²) in [7, 11) is 3.86. The van der Waals surface area contributed by atoms with Crippen LogP contribution < -0.4 is 10.1 Å². The third-order valence-electron chi connectivity index (χ3n) is 4.37. The van der Waals surface area contributed by atoms with Gasteiger partial charge in [0.25, 0.3) is 0 Å². The minimum absolute atomic E-state index is 0.414. The molecule has 0 aliphatic carbocycles. The third-order valence-corrected chi connectivity index (χ3v) is 4.37. The van der Waals surface area contributed by atoms with E-state index in [-0.39, 0.29) is 0 Å². The second-order valence-electron chi connectivity index (χ2n) is 5.51. The summed E-state index contributed by atoms with van der Waals surface area (Å²) in [5, 5.41) is 4.67. The van der Waals surface area contributed by atoms with E-state index in [1.807, 2.05) is 0 Å². The van der Waals surface area contributed by atoms with Crippen LogP contribution in [0.1, 0.15) is 18.5 Å². The molecule has 2 aromatic rings. The number of benzene rings is 1. The molecule has 1 N–H and O–H groups in total. The smallest absolute Gasteiger partial charge is 0.128 e. The predicted octanol–water partition coefficient (Wildman–Crippen LogP) is 2.15. The van der Waals surface area contributed by atoms with E-state index >= 15 is 0 Å². The number of hydrogen-bond donors (Lipinski definition) is 1. The predicted molar refractivity (Wildman–Crippen MR) is 82.3 cm³/mol. The van der Waals surface area contributed by atoms with Crippen LogP contribution in [0.2, 0.25) is 0 Å². The van der Waals surface area contributed by atoms with Crippen LogP contribution in [0.25, 0.3) is 10.9 Å². The Labute approximate surface area is 120 Å². The average molecular weight is 273 g/mol. The van der Waals surface area contributed by atoms with Crippen molar-refractivity contribution in [3.05, 3.63) is 30.0 Å². The summed E-state index contributed by atoms with van der Waals surface area (Å²) in [6.45, 7) is 6.66. The van der Waals surface area contributed by atoms with Gasteiger partial charge >= 0.3 is 0 Å². The van der Waals surface area contributed by atoms with Crippen molar-refractivity contribution in [1.29, 1.82) is 0 Å². The Morgan fingerprint density at radius 3 is 2.70 bits per heavy atom. The van der Waals surface area contributed by atoms with Crippen LogP contribution in [-0.2, 0) is 7.05 Å². The number of nitrogens with one attached hydrogen (secondary N) is 1. The minimum atomic E-state index is 0.414. The normalized spacial score (nSPS) is 18.4. The minimum Gasteiger partial charge on any atom is -0.496 e. The summed E-state index contributed by atoms with van der Waals surface area (Å²) in [6.07, 6.45) is 2.25. The molecule has 4 nitrogen and oxygen atoms in total. The Bertz CT molecular complexity index is 599. The van der Waals surface area contributed by atoms with Crippen molar-refractivity contribution >= 4 is 10.9 Å². The fourth-order valence-electron chi connectivity index (χ4n) is 3.20. The Balaban J connectivity index is 2.06. The molecule has 20 heavy (non-hydrogen) atoms. The van der Waals surface area contributed by atoms with Crippen molar-refractivity contribution in [2.45, 2.75) is 13.0 Å². The number of fused-ring (bicyclic) bond motifs is 1. The number of methoxy groups -OCH3 is 1. The van der Waals surface area contributed by atoms with Gasteiger partial charge in [-0.2, -0.15) is 0 Å². The summed E-state index contributed by atoms with van der Waals surface area (Å²) < 4.78 is 7.78. The van der Waals surface area contributed by atoms with Crippen LogP contribution in [0.4, 0.5) is 0 Å². The van der Waals surface area contributed by atoms with E-state index in [2.05, 4.69) is 53.2 Å². The van der Waals surface area contributed by atoms with E-state index in [1.54, 1.807) is 7.11 Å². The summed E-state index contributed by atoms with van der Waals surface area (Å²) in [5.41, 5.74) is 2.60. The van der Waals surface area contributed by atoms with Gasteiger partial charge in [0.1, 0.15) is 5.75 Å². The zero-order valence-corrected chi connectivity index (χ0v) is 12.5. The van der Waals surface area contributed by atoms with Crippen LogP contribution in [0, 0.1) is 0 Å². The first-order valence-corrected chi connectivity index (χ1v) is 7.29. The lowest BCUT2D eigenvalue weighted by Crippen LogP contribution is -2.44. The van der Waals surface area contributed by atoms with Gasteiger partial charge in [0.2, 0.25) is 0 Å². The summed E-state index contributed by atoms with van der Waals surface area (Å²) in [6, 6.07) is 6.68. The zero-order chi connectivity index (χ0) is 14.1. The van der Waals surface area contributed by atoms with Gasteiger partial charge in [-0.3, -0.25) is 4.90 Å². The maximum absolute atomic E-state index is 5.57. The Morgan fingerprint density at radius 1 is 1.25 bits per heavy atom. The summed E-state index contributed by atoms with van der Waals surface area (Å²) >= 11 is 0. The molecule has 108 valence electrons. The number of hydrogen-bond acceptors (Lipinski definition) is 3. The van der Waals surface area contributed by atoms with E-state index in [1.165, 1.54) is 16.5 Å². The van der Waals surface area contributed by atoms with E-state index in [0.717, 1.165) is 31.9 Å². The first-order chi connectivity index (χ1) is 9.72. The number of aryl methyl sites for hydroxylation is 1. The second-order valence-corrected chi connectivity index (χ2v) is 5.51. The highest BCUT2D eigenvalue weighted by atomic mass is 16.5. The van der Waals surface area contributed by atoms with E-state index < -0.39 is 0 Å². The first kappa shape index (κ1) is 13.5. The molecule has 1 aliphatic rings. The topological polar surface area (TPSA) is 29.4 Å². The molecule has 1 aromatic carbocycles. The largest absolute Gasteiger partial charge is 0.496 e. The highest BCUT2D eigenvalue weighted by molar-refractivity contribution is 5.90. The molecule has 0 amide bonds. The lowest BCUT2D eigenvalue weighted by atomic mass is 10.0. The molecule has 0 radical (unpaired) electrons. The molecule has 1 fully saturated rings. The summed E-state index contributed by atoms with van der Waals surface area (Å²) in [5.74, 6) is 0.972. The lowest BCUT2D eigenvalue weighted by Gasteiger charge is -2.32. The molecule has 4 heteroatoms. The number of rotatable bonds is 3. The van der Waals surface area contributed by atoms with Gasteiger partial charge in [-0.1, -0.05) is 6.07 Å². The van der Waals surface area contributed by atoms with Gasteiger partial charge in [0.15, 0.2) is 0 Å². The maximum atomic E-state index is 5.57. The van der Waals surface area contributed by atoms with Crippen LogP contribution in [0.3, 0.4) is 0 Å². The Kier molecular flexibility index (Phi) is 3.68. The molecular weight excluding hydrogens is 250 g/mol. The molecule has 1 aliphatic heterocycles. The third kappa shape index (κ3) is 2.19. The van der Waals surface area contributed by atoms with Gasteiger partial charge < -0.3 is 14.6 Å². The molecule has 1 unspecified atom stereocenters. The zero-order valence-electron chi connectivity index (χ0n) is 12.5. The van der Waals surface area contributed by atoms with Gasteiger partial charge in [0.05, 0.1) is 12.6 Å². The fourth-order valence-corrected chi connectivity index (χ4v) is 3.20. The highest BCUT2D eigenvalue weighted by Gasteiger charge is 2.22. The quantitative estimate of drug-likeness (QED) is 0.929. The standard InChI is InChI=1S/C16H23N3O/c1-12(19-9-7-17-8-10-19)13-11-18(2)14-5-4-6-15(20-3)16(13)14/h4-6,11-12,17H,7-10H2,1-3H3. The Hall–Kier alpha value is -1.52. The summed E-state index contributed by atoms with van der Waals surface area (Å²) in [4.78, 5) is 2.54. The van der Waals surface area contributed by atoms with E-state index in [9.17, 15) is 0 Å². The average Bonchev–Trinajstić information content (AvgIpc) is 2.85. The number of aromatic nitrogens is 1. The van der Waals surface area contributed by atoms with Crippen molar-refractivity contribution in [2.75, 3.05) is 33.3 Å². The fraction of sp³-hybridized carbons (Fsp3) is 0.500. The molecule has 2 heterocycles. The van der Waals surface area contributed by atoms with E-state index in [4.69, 9.17) is 4.74 Å². The van der Waals surface area contributed by atoms with Crippen molar-refractivity contribution in [1.82, 2.24) is 14.8 Å². The van der Waals surface area contributed by atoms with Crippen LogP contribution >= 0.6 is 0 Å². The van der Waals surface area contributed by atoms with Crippen molar-refractivity contribution < 1.29 is 4.74 Å². The molecule has 1 saturated heterocycles. The van der Waals surface area contributed by atoms with Crippen LogP contribution in [0.15, 0.2) is 24.4 Å². The van der Waals surface area contributed by atoms with E-state index in [0.29, 0.717) is 6.04 Å². The Morgan fingerprint density at radius 2 is 2.00 bits per heavy atom. The van der Waals surface area contributed by atoms with Crippen LogP contribution in [-0.4, -0.2) is 42.8 Å². The van der Waals surface area contributed by atoms with Crippen LogP contribution in [0.5, 0.6) is 5.75 Å². The molecule has 0 saturated carbocycles. The highest BCUT2D eigenvalue weighted by Crippen LogP contribution is 2.35. The van der Waals surface area contributed by atoms with Gasteiger partial charge in [-0.25, -0.2) is 0 Å². The molecule has 1 aromatic heterocycles. The molecule has 0 spiro atoms. The van der Waals surface area contributed by atoms with Gasteiger partial charge in [-0.15, -0.1) is 0 Å². The number of nitrogens with zero attached hydrogens (tertiary/aromatic N) is 2. The van der Waals surface area contributed by atoms with Gasteiger partial charge in [0, 0.05) is 50.9 Å². The number of piperazine rings is 1. The molecule has 0 bridgehead atoms. The molecular formula is C16H23N3O. The van der Waals surface area contributed by atoms with Crippen molar-refractivity contribution in [3.8, 4) is 5.75 Å². The van der Waals surface area contributed by atoms with Gasteiger partial charge in [-0.05, 0) is 24.6 Å². The SMILES string of the molecule is COc1cccc2c1c(C(C)N1CCNCC1)cn2C. The monoisotopic (exact) mass is 273 g/mol. The lowest BCUT2D eigenvalue weighted by molar-refractivity contribution is 0.186.